The first-order chi connectivity index (χ1) is 6.71. The van der Waals surface area contributed by atoms with Crippen LogP contribution in [0.15, 0.2) is 0 Å². The second-order valence-corrected chi connectivity index (χ2v) is 5.25. The summed E-state index contributed by atoms with van der Waals surface area (Å²) in [6.45, 7) is 5.02. The zero-order chi connectivity index (χ0) is 10.0. The molecule has 0 bridgehead atoms. The van der Waals surface area contributed by atoms with Crippen LogP contribution < -0.4 is 11.1 Å². The maximum Gasteiger partial charge on any atom is 0.0912 e. The minimum absolute atomic E-state index is 0. The smallest absolute Gasteiger partial charge is 0.0912 e. The van der Waals surface area contributed by atoms with Crippen molar-refractivity contribution in [2.24, 2.45) is 5.73 Å². The van der Waals surface area contributed by atoms with Crippen LogP contribution in [0.1, 0.15) is 25.7 Å². The third-order valence-corrected chi connectivity index (χ3v) is 4.21. The average molecular weight is 235 g/mol. The normalized spacial score (nSPS) is 38.4. The fraction of sp³-hybridized carbons (Fsp3) is 1.00. The molecule has 2 rings (SSSR count). The molecule has 2 fully saturated rings. The van der Waals surface area contributed by atoms with Crippen LogP contribution in [0.3, 0.4) is 0 Å². The molecular formula is C11H25ClN3+. The van der Waals surface area contributed by atoms with Crippen molar-refractivity contribution in [3.8, 4) is 0 Å². The minimum Gasteiger partial charge on any atom is -0.327 e. The molecule has 0 aromatic heterocycles. The number of hydrogen-bond donors (Lipinski definition) is 2. The summed E-state index contributed by atoms with van der Waals surface area (Å²) in [5.41, 5.74) is 5.96. The third kappa shape index (κ3) is 3.06. The van der Waals surface area contributed by atoms with Crippen molar-refractivity contribution < 1.29 is 4.48 Å². The maximum atomic E-state index is 5.96. The van der Waals surface area contributed by atoms with Crippen molar-refractivity contribution in [1.29, 1.82) is 0 Å². The molecule has 4 heteroatoms. The van der Waals surface area contributed by atoms with Gasteiger partial charge in [0, 0.05) is 44.8 Å². The van der Waals surface area contributed by atoms with Crippen molar-refractivity contribution in [3.05, 3.63) is 0 Å². The van der Waals surface area contributed by atoms with Crippen molar-refractivity contribution in [3.63, 3.8) is 0 Å². The van der Waals surface area contributed by atoms with Crippen LogP contribution in [0, 0.1) is 0 Å². The second-order valence-electron chi connectivity index (χ2n) is 5.25. The predicted octanol–water partition coefficient (Wildman–Crippen LogP) is 0.728. The standard InChI is InChI=1S/C11H24N3.ClH/c1-14(8-4-10(12)5-9-14)11-2-6-13-7-3-11;/h10-11,13H,2-9,12H2,1H3;1H/q+1;. The molecule has 3 nitrogen and oxygen atoms in total. The molecule has 0 aromatic carbocycles. The van der Waals surface area contributed by atoms with E-state index in [-0.39, 0.29) is 12.4 Å². The van der Waals surface area contributed by atoms with E-state index in [1.54, 1.807) is 0 Å². The summed E-state index contributed by atoms with van der Waals surface area (Å²) in [6, 6.07) is 1.37. The van der Waals surface area contributed by atoms with Gasteiger partial charge in [0.05, 0.1) is 26.2 Å². The number of rotatable bonds is 1. The Balaban J connectivity index is 0.00000112. The first kappa shape index (κ1) is 13.2. The van der Waals surface area contributed by atoms with E-state index in [9.17, 15) is 0 Å². The van der Waals surface area contributed by atoms with Gasteiger partial charge in [-0.25, -0.2) is 0 Å². The van der Waals surface area contributed by atoms with Crippen molar-refractivity contribution >= 4 is 12.4 Å². The van der Waals surface area contributed by atoms with E-state index >= 15 is 0 Å². The van der Waals surface area contributed by atoms with Crippen LogP contribution in [0.4, 0.5) is 0 Å². The number of hydrogen-bond acceptors (Lipinski definition) is 2. The average Bonchev–Trinajstić information content (AvgIpc) is 2.24. The fourth-order valence-corrected chi connectivity index (χ4v) is 2.97. The van der Waals surface area contributed by atoms with Crippen molar-refractivity contribution in [1.82, 2.24) is 5.32 Å². The highest BCUT2D eigenvalue weighted by Crippen LogP contribution is 2.24. The van der Waals surface area contributed by atoms with Crippen molar-refractivity contribution in [2.45, 2.75) is 37.8 Å². The molecule has 90 valence electrons. The molecule has 15 heavy (non-hydrogen) atoms. The number of nitrogens with two attached hydrogens (primary N) is 1. The van der Waals surface area contributed by atoms with Gasteiger partial charge in [-0.1, -0.05) is 0 Å². The van der Waals surface area contributed by atoms with Gasteiger partial charge >= 0.3 is 0 Å². The zero-order valence-electron chi connectivity index (χ0n) is 9.74. The molecule has 0 spiro atoms. The Kier molecular flexibility index (Phi) is 4.84. The largest absolute Gasteiger partial charge is 0.327 e. The number of piperidine rings is 2. The van der Waals surface area contributed by atoms with Crippen LogP contribution in [0.25, 0.3) is 0 Å². The SMILES string of the molecule is C[N+]1(C2CCNCC2)CCC(N)CC1.Cl. The van der Waals surface area contributed by atoms with Crippen LogP contribution in [0.5, 0.6) is 0 Å². The monoisotopic (exact) mass is 234 g/mol. The Morgan fingerprint density at radius 2 is 1.60 bits per heavy atom. The second kappa shape index (κ2) is 5.48. The molecule has 2 aliphatic rings. The summed E-state index contributed by atoms with van der Waals surface area (Å²) in [5.74, 6) is 0. The lowest BCUT2D eigenvalue weighted by Crippen LogP contribution is -2.60. The van der Waals surface area contributed by atoms with Gasteiger partial charge in [0.1, 0.15) is 0 Å². The zero-order valence-corrected chi connectivity index (χ0v) is 10.6. The van der Waals surface area contributed by atoms with Gasteiger partial charge in [0.2, 0.25) is 0 Å². The van der Waals surface area contributed by atoms with Gasteiger partial charge in [0.25, 0.3) is 0 Å². The van der Waals surface area contributed by atoms with Gasteiger partial charge < -0.3 is 15.5 Å². The molecule has 3 N–H and O–H groups in total. The summed E-state index contributed by atoms with van der Waals surface area (Å²) in [6.07, 6.45) is 5.15. The maximum absolute atomic E-state index is 5.96. The summed E-state index contributed by atoms with van der Waals surface area (Å²) in [7, 11) is 2.43. The highest BCUT2D eigenvalue weighted by molar-refractivity contribution is 5.85. The highest BCUT2D eigenvalue weighted by Gasteiger charge is 2.36. The van der Waals surface area contributed by atoms with E-state index in [1.165, 1.54) is 56.3 Å². The molecule has 0 saturated carbocycles. The first-order valence-corrected chi connectivity index (χ1v) is 6.01. The highest BCUT2D eigenvalue weighted by atomic mass is 35.5. The first-order valence-electron chi connectivity index (χ1n) is 6.01. The summed E-state index contributed by atoms with van der Waals surface area (Å²) < 4.78 is 1.29. The van der Waals surface area contributed by atoms with Gasteiger partial charge in [-0.2, -0.15) is 0 Å². The quantitative estimate of drug-likeness (QED) is 0.657. The summed E-state index contributed by atoms with van der Waals surface area (Å²) in [5, 5.41) is 3.45. The van der Waals surface area contributed by atoms with Gasteiger partial charge in [-0.15, -0.1) is 12.4 Å². The van der Waals surface area contributed by atoms with Crippen LogP contribution >= 0.6 is 12.4 Å². The fourth-order valence-electron chi connectivity index (χ4n) is 2.97. The number of quaternary nitrogens is 1. The van der Waals surface area contributed by atoms with Crippen LogP contribution in [-0.2, 0) is 0 Å². The Bertz CT molecular complexity index is 184. The van der Waals surface area contributed by atoms with E-state index in [2.05, 4.69) is 12.4 Å². The van der Waals surface area contributed by atoms with E-state index < -0.39 is 0 Å². The van der Waals surface area contributed by atoms with E-state index in [4.69, 9.17) is 5.73 Å². The Hall–Kier alpha value is 0.170. The van der Waals surface area contributed by atoms with Gasteiger partial charge in [-0.3, -0.25) is 0 Å². The molecule has 0 aromatic rings. The molecule has 2 saturated heterocycles. The number of nitrogens with one attached hydrogen (secondary N) is 1. The molecule has 0 radical (unpaired) electrons. The minimum atomic E-state index is 0. The van der Waals surface area contributed by atoms with Gasteiger partial charge in [0.15, 0.2) is 0 Å². The lowest BCUT2D eigenvalue weighted by Gasteiger charge is -2.47. The van der Waals surface area contributed by atoms with E-state index in [1.807, 2.05) is 0 Å². The lowest BCUT2D eigenvalue weighted by atomic mass is 9.96. The van der Waals surface area contributed by atoms with Gasteiger partial charge in [-0.05, 0) is 0 Å². The molecule has 0 aliphatic carbocycles. The Labute approximate surface area is 99.4 Å². The molecule has 2 heterocycles. The molecule has 2 aliphatic heterocycles. The summed E-state index contributed by atoms with van der Waals surface area (Å²) in [4.78, 5) is 0. The predicted molar refractivity (Wildman–Crippen MR) is 66.3 cm³/mol. The van der Waals surface area contributed by atoms with Crippen molar-refractivity contribution in [2.75, 3.05) is 33.2 Å². The molecule has 0 unspecified atom stereocenters. The van der Waals surface area contributed by atoms with Crippen LogP contribution in [0.2, 0.25) is 0 Å². The molecular weight excluding hydrogens is 210 g/mol. The number of nitrogens with zero attached hydrogens (tertiary/aromatic N) is 1. The topological polar surface area (TPSA) is 38.0 Å². The van der Waals surface area contributed by atoms with Crippen LogP contribution in [-0.4, -0.2) is 49.8 Å². The Morgan fingerprint density at radius 3 is 2.13 bits per heavy atom. The lowest BCUT2D eigenvalue weighted by molar-refractivity contribution is -0.938. The molecule has 0 atom stereocenters. The van der Waals surface area contributed by atoms with E-state index in [0.29, 0.717) is 6.04 Å². The number of halogens is 1. The number of likely N-dealkylation sites (tertiary alicyclic amines) is 1. The third-order valence-electron chi connectivity index (χ3n) is 4.21. The summed E-state index contributed by atoms with van der Waals surface area (Å²) >= 11 is 0. The molecule has 0 amide bonds. The Morgan fingerprint density at radius 1 is 1.07 bits per heavy atom. The van der Waals surface area contributed by atoms with E-state index in [0.717, 1.165) is 6.04 Å².